The van der Waals surface area contributed by atoms with Crippen molar-refractivity contribution >= 4 is 0 Å². The Labute approximate surface area is 62.0 Å². The molecule has 0 aromatic rings. The normalized spacial score (nSPS) is 11.5. The van der Waals surface area contributed by atoms with E-state index in [0.717, 1.165) is 11.4 Å². The molecule has 0 aliphatic carbocycles. The molecule has 0 amide bonds. The van der Waals surface area contributed by atoms with Gasteiger partial charge in [-0.1, -0.05) is 0 Å². The molecule has 0 N–H and O–H groups in total. The van der Waals surface area contributed by atoms with Gasteiger partial charge in [0.15, 0.2) is 0 Å². The Hall–Kier alpha value is 0.363. The van der Waals surface area contributed by atoms with Crippen LogP contribution in [0.25, 0.3) is 0 Å². The maximum atomic E-state index is 3.68. The van der Waals surface area contributed by atoms with Gasteiger partial charge < -0.3 is 0 Å². The van der Waals surface area contributed by atoms with E-state index in [0.29, 0.717) is 5.41 Å². The summed E-state index contributed by atoms with van der Waals surface area (Å²) in [5, 5.41) is 1.13. The average molecular weight is 200 g/mol. The second kappa shape index (κ2) is 3.40. The molecule has 0 spiro atoms. The minimum absolute atomic E-state index is 0.425. The minimum atomic E-state index is 0.425. The molecule has 50 valence electrons. The fraction of sp³-hybridized carbons (Fsp3) is 0.714. The molecule has 0 unspecified atom stereocenters. The van der Waals surface area contributed by atoms with Crippen LogP contribution in [0.2, 0.25) is 5.02 Å². The third-order valence-corrected chi connectivity index (χ3v) is 2.58. The van der Waals surface area contributed by atoms with Crippen LogP contribution in [-0.2, 0) is 18.3 Å². The van der Waals surface area contributed by atoms with Gasteiger partial charge >= 0.3 is 61.7 Å². The summed E-state index contributed by atoms with van der Waals surface area (Å²) in [6.07, 6.45) is 3.07. The van der Waals surface area contributed by atoms with Crippen molar-refractivity contribution in [3.63, 3.8) is 0 Å². The summed E-state index contributed by atoms with van der Waals surface area (Å²) in [4.78, 5) is 0. The van der Waals surface area contributed by atoms with Crippen molar-refractivity contribution < 1.29 is 18.3 Å². The summed E-state index contributed by atoms with van der Waals surface area (Å²) >= 11 is 2.92. The number of hydrogen-bond donors (Lipinski definition) is 0. The summed E-state index contributed by atoms with van der Waals surface area (Å²) in [5.74, 6) is 0. The van der Waals surface area contributed by atoms with E-state index in [1.165, 1.54) is 0 Å². The van der Waals surface area contributed by atoms with Crippen LogP contribution in [0.15, 0.2) is 12.7 Å². The molecular weight excluding hydrogens is 187 g/mol. The summed E-state index contributed by atoms with van der Waals surface area (Å²) < 4.78 is 0. The average Bonchev–Trinajstić information content (AvgIpc) is 1.67. The molecule has 0 saturated carbocycles. The maximum absolute atomic E-state index is 3.68. The zero-order valence-electron chi connectivity index (χ0n) is 5.53. The number of allylic oxidation sites excluding steroid dienone is 1. The van der Waals surface area contributed by atoms with Gasteiger partial charge in [0.2, 0.25) is 0 Å². The van der Waals surface area contributed by atoms with Gasteiger partial charge in [0, 0.05) is 0 Å². The fourth-order valence-electron chi connectivity index (χ4n) is 0.439. The second-order valence-electron chi connectivity index (χ2n) is 2.77. The first-order chi connectivity index (χ1) is 3.62. The van der Waals surface area contributed by atoms with E-state index in [9.17, 15) is 0 Å². The van der Waals surface area contributed by atoms with E-state index in [2.05, 4.69) is 38.7 Å². The van der Waals surface area contributed by atoms with Crippen molar-refractivity contribution in [3.05, 3.63) is 12.7 Å². The van der Waals surface area contributed by atoms with Crippen LogP contribution in [0.5, 0.6) is 0 Å². The summed E-state index contributed by atoms with van der Waals surface area (Å²) in [6, 6.07) is 0. The van der Waals surface area contributed by atoms with Crippen LogP contribution in [-0.4, -0.2) is 0 Å². The van der Waals surface area contributed by atoms with Crippen molar-refractivity contribution in [1.82, 2.24) is 0 Å². The van der Waals surface area contributed by atoms with Crippen LogP contribution in [0, 0.1) is 5.41 Å². The third-order valence-electron chi connectivity index (χ3n) is 1.02. The third kappa shape index (κ3) is 3.38. The van der Waals surface area contributed by atoms with Gasteiger partial charge in [-0.2, -0.15) is 0 Å². The zero-order chi connectivity index (χ0) is 6.62. The van der Waals surface area contributed by atoms with Crippen LogP contribution in [0.3, 0.4) is 0 Å². The first kappa shape index (κ1) is 8.36. The van der Waals surface area contributed by atoms with E-state index in [4.69, 9.17) is 0 Å². The predicted octanol–water partition coefficient (Wildman–Crippen LogP) is 2.55. The Morgan fingerprint density at radius 3 is 2.25 bits per heavy atom. The van der Waals surface area contributed by atoms with E-state index in [-0.39, 0.29) is 0 Å². The van der Waals surface area contributed by atoms with Crippen molar-refractivity contribution in [3.8, 4) is 0 Å². The van der Waals surface area contributed by atoms with Crippen LogP contribution >= 0.6 is 0 Å². The number of rotatable bonds is 3. The molecule has 0 aromatic heterocycles. The first-order valence-corrected chi connectivity index (χ1v) is 3.92. The van der Waals surface area contributed by atoms with E-state index in [1.807, 2.05) is 6.08 Å². The molecule has 0 aliphatic rings. The summed E-state index contributed by atoms with van der Waals surface area (Å²) in [5.41, 5.74) is 0.425. The quantitative estimate of drug-likeness (QED) is 0.485. The molecule has 0 nitrogen and oxygen atoms in total. The van der Waals surface area contributed by atoms with Crippen molar-refractivity contribution in [2.24, 2.45) is 5.41 Å². The zero-order valence-corrected chi connectivity index (χ0v) is 7.17. The molecule has 0 saturated heterocycles. The fourth-order valence-corrected chi connectivity index (χ4v) is 0.675. The van der Waals surface area contributed by atoms with Gasteiger partial charge in [0.1, 0.15) is 0 Å². The van der Waals surface area contributed by atoms with E-state index < -0.39 is 0 Å². The van der Waals surface area contributed by atoms with Gasteiger partial charge in [-0.3, -0.25) is 0 Å². The monoisotopic (exact) mass is 200 g/mol. The van der Waals surface area contributed by atoms with Gasteiger partial charge in [0.05, 0.1) is 0 Å². The molecule has 0 aliphatic heterocycles. The topological polar surface area (TPSA) is 0 Å². The van der Waals surface area contributed by atoms with Crippen LogP contribution in [0.4, 0.5) is 0 Å². The van der Waals surface area contributed by atoms with E-state index in [1.54, 1.807) is 0 Å². The van der Waals surface area contributed by atoms with Crippen LogP contribution < -0.4 is 0 Å². The second-order valence-corrected chi connectivity index (χ2v) is 3.35. The van der Waals surface area contributed by atoms with Crippen LogP contribution in [0.1, 0.15) is 20.3 Å². The molecule has 8 heavy (non-hydrogen) atoms. The molecule has 0 rings (SSSR count). The SMILES string of the molecule is C=CCC(C)(C)[CH2][Rh]. The summed E-state index contributed by atoms with van der Waals surface area (Å²) in [6.45, 7) is 8.14. The Morgan fingerprint density at radius 2 is 2.12 bits per heavy atom. The summed E-state index contributed by atoms with van der Waals surface area (Å²) in [7, 11) is 0. The van der Waals surface area contributed by atoms with Crippen molar-refractivity contribution in [2.45, 2.75) is 25.3 Å². The van der Waals surface area contributed by atoms with Gasteiger partial charge in [-0.05, 0) is 0 Å². The van der Waals surface area contributed by atoms with Gasteiger partial charge in [-0.15, -0.1) is 0 Å². The molecule has 0 heterocycles. The first-order valence-electron chi connectivity index (χ1n) is 2.76. The molecule has 0 aromatic carbocycles. The standard InChI is InChI=1S/C7H13.Rh/c1-5-6-7(2,3)4;/h5H,1-2,6H2,3-4H3;. The Morgan fingerprint density at radius 1 is 1.62 bits per heavy atom. The predicted molar refractivity (Wildman–Crippen MR) is 33.4 cm³/mol. The van der Waals surface area contributed by atoms with Gasteiger partial charge in [0.25, 0.3) is 0 Å². The van der Waals surface area contributed by atoms with E-state index >= 15 is 0 Å². The molecule has 1 heteroatoms. The van der Waals surface area contributed by atoms with Crippen molar-refractivity contribution in [1.29, 1.82) is 0 Å². The Balaban J connectivity index is 3.53. The number of hydrogen-bond acceptors (Lipinski definition) is 0. The molecule has 0 fully saturated rings. The van der Waals surface area contributed by atoms with Gasteiger partial charge in [-0.25, -0.2) is 0 Å². The van der Waals surface area contributed by atoms with Crippen molar-refractivity contribution in [2.75, 3.05) is 0 Å². The Kier molecular flexibility index (Phi) is 3.56. The molecular formula is C7H13Rh. The Bertz CT molecular complexity index is 74.5. The molecule has 0 radical (unpaired) electrons. The molecule has 0 atom stereocenters. The molecule has 0 bridgehead atoms.